The molecule has 2 rings (SSSR count). The zero-order valence-electron chi connectivity index (χ0n) is 9.79. The van der Waals surface area contributed by atoms with E-state index in [9.17, 15) is 5.11 Å². The van der Waals surface area contributed by atoms with E-state index in [4.69, 9.17) is 23.2 Å². The second kappa shape index (κ2) is 5.57. The molecule has 3 unspecified atom stereocenters. The fourth-order valence-corrected chi connectivity index (χ4v) is 2.52. The van der Waals surface area contributed by atoms with E-state index in [-0.39, 0.29) is 0 Å². The monoisotopic (exact) mass is 273 g/mol. The van der Waals surface area contributed by atoms with Crippen LogP contribution in [0.5, 0.6) is 0 Å². The summed E-state index contributed by atoms with van der Waals surface area (Å²) in [5, 5.41) is 14.6. The first-order chi connectivity index (χ1) is 8.11. The highest BCUT2D eigenvalue weighted by Crippen LogP contribution is 2.34. The van der Waals surface area contributed by atoms with Gasteiger partial charge in [0, 0.05) is 28.2 Å². The van der Waals surface area contributed by atoms with Crippen molar-refractivity contribution in [2.45, 2.75) is 31.9 Å². The van der Waals surface area contributed by atoms with Crippen LogP contribution in [0.2, 0.25) is 10.0 Å². The fourth-order valence-electron chi connectivity index (χ4n) is 2.09. The van der Waals surface area contributed by atoms with Gasteiger partial charge in [-0.3, -0.25) is 0 Å². The molecule has 0 radical (unpaired) electrons. The molecule has 17 heavy (non-hydrogen) atoms. The van der Waals surface area contributed by atoms with Gasteiger partial charge in [-0.05, 0) is 30.5 Å². The van der Waals surface area contributed by atoms with Crippen molar-refractivity contribution in [3.8, 4) is 0 Å². The van der Waals surface area contributed by atoms with E-state index in [1.165, 1.54) is 12.8 Å². The van der Waals surface area contributed by atoms with Gasteiger partial charge < -0.3 is 10.4 Å². The van der Waals surface area contributed by atoms with E-state index >= 15 is 0 Å². The maximum Gasteiger partial charge on any atom is 0.0929 e. The van der Waals surface area contributed by atoms with Gasteiger partial charge >= 0.3 is 0 Å². The smallest absolute Gasteiger partial charge is 0.0929 e. The lowest BCUT2D eigenvalue weighted by Gasteiger charge is -2.14. The maximum atomic E-state index is 10.1. The molecule has 0 heterocycles. The number of benzene rings is 1. The van der Waals surface area contributed by atoms with E-state index in [1.54, 1.807) is 18.2 Å². The molecule has 1 aliphatic carbocycles. The molecule has 0 aromatic heterocycles. The number of hydrogen-bond donors (Lipinski definition) is 2. The second-order valence-corrected chi connectivity index (χ2v) is 5.44. The summed E-state index contributed by atoms with van der Waals surface area (Å²) in [7, 11) is 0. The fraction of sp³-hybridized carbons (Fsp3) is 0.538. The van der Waals surface area contributed by atoms with E-state index in [2.05, 4.69) is 12.2 Å². The first-order valence-corrected chi connectivity index (χ1v) is 6.73. The Morgan fingerprint density at radius 1 is 1.47 bits per heavy atom. The summed E-state index contributed by atoms with van der Waals surface area (Å²) in [5.74, 6) is 0.775. The molecule has 0 spiro atoms. The van der Waals surface area contributed by atoms with Crippen LogP contribution in [-0.2, 0) is 0 Å². The number of aliphatic hydroxyl groups excluding tert-OH is 1. The maximum absolute atomic E-state index is 10.1. The highest BCUT2D eigenvalue weighted by molar-refractivity contribution is 6.33. The molecule has 94 valence electrons. The van der Waals surface area contributed by atoms with Crippen LogP contribution < -0.4 is 5.32 Å². The Kier molecular flexibility index (Phi) is 4.31. The molecular weight excluding hydrogens is 257 g/mol. The van der Waals surface area contributed by atoms with Gasteiger partial charge in [0.15, 0.2) is 0 Å². The van der Waals surface area contributed by atoms with Gasteiger partial charge in [-0.1, -0.05) is 36.5 Å². The molecule has 0 bridgehead atoms. The number of hydrogen-bond acceptors (Lipinski definition) is 2. The predicted octanol–water partition coefficient (Wildman–Crippen LogP) is 3.41. The average molecular weight is 274 g/mol. The molecule has 2 nitrogen and oxygen atoms in total. The van der Waals surface area contributed by atoms with E-state index in [0.29, 0.717) is 28.2 Å². The molecule has 0 aliphatic heterocycles. The zero-order chi connectivity index (χ0) is 12.4. The van der Waals surface area contributed by atoms with Crippen molar-refractivity contribution in [2.24, 2.45) is 5.92 Å². The van der Waals surface area contributed by atoms with Crippen molar-refractivity contribution in [1.82, 2.24) is 5.32 Å². The third kappa shape index (κ3) is 3.35. The molecule has 1 aromatic carbocycles. The number of rotatable bonds is 5. The molecule has 1 saturated carbocycles. The third-order valence-corrected chi connectivity index (χ3v) is 3.92. The van der Waals surface area contributed by atoms with Crippen LogP contribution in [0, 0.1) is 5.92 Å². The van der Waals surface area contributed by atoms with Gasteiger partial charge in [0.05, 0.1) is 6.10 Å². The van der Waals surface area contributed by atoms with Crippen LogP contribution in [0.25, 0.3) is 0 Å². The van der Waals surface area contributed by atoms with Crippen LogP contribution in [-0.4, -0.2) is 17.7 Å². The van der Waals surface area contributed by atoms with Crippen molar-refractivity contribution >= 4 is 23.2 Å². The average Bonchev–Trinajstić information content (AvgIpc) is 3.08. The van der Waals surface area contributed by atoms with Crippen LogP contribution >= 0.6 is 23.2 Å². The lowest BCUT2D eigenvalue weighted by Crippen LogP contribution is -2.24. The van der Waals surface area contributed by atoms with Crippen molar-refractivity contribution in [3.05, 3.63) is 33.8 Å². The molecule has 1 fully saturated rings. The van der Waals surface area contributed by atoms with E-state index in [0.717, 1.165) is 5.92 Å². The minimum absolute atomic E-state index is 0.529. The highest BCUT2D eigenvalue weighted by atomic mass is 35.5. The number of aliphatic hydroxyl groups is 1. The van der Waals surface area contributed by atoms with Crippen LogP contribution in [0.4, 0.5) is 0 Å². The summed E-state index contributed by atoms with van der Waals surface area (Å²) in [6, 6.07) is 5.73. The van der Waals surface area contributed by atoms with Gasteiger partial charge in [-0.25, -0.2) is 0 Å². The Balaban J connectivity index is 1.90. The SMILES string of the molecule is CCC1CC1NCC(O)c1cc(Cl)ccc1Cl. The minimum Gasteiger partial charge on any atom is -0.387 e. The summed E-state index contributed by atoms with van der Waals surface area (Å²) in [5.41, 5.74) is 0.695. The van der Waals surface area contributed by atoms with Gasteiger partial charge in [0.25, 0.3) is 0 Å². The summed E-state index contributed by atoms with van der Waals surface area (Å²) in [4.78, 5) is 0. The quantitative estimate of drug-likeness (QED) is 0.862. The van der Waals surface area contributed by atoms with E-state index < -0.39 is 6.10 Å². The topological polar surface area (TPSA) is 32.3 Å². The van der Waals surface area contributed by atoms with Crippen molar-refractivity contribution in [3.63, 3.8) is 0 Å². The van der Waals surface area contributed by atoms with Crippen LogP contribution in [0.15, 0.2) is 18.2 Å². The Morgan fingerprint density at radius 3 is 2.88 bits per heavy atom. The summed E-state index contributed by atoms with van der Waals surface area (Å²) in [6.45, 7) is 2.72. The van der Waals surface area contributed by atoms with Crippen molar-refractivity contribution < 1.29 is 5.11 Å². The van der Waals surface area contributed by atoms with Crippen molar-refractivity contribution in [1.29, 1.82) is 0 Å². The normalized spacial score (nSPS) is 24.7. The third-order valence-electron chi connectivity index (χ3n) is 3.34. The molecule has 0 saturated heterocycles. The molecule has 2 N–H and O–H groups in total. The van der Waals surface area contributed by atoms with Gasteiger partial charge in [0.2, 0.25) is 0 Å². The van der Waals surface area contributed by atoms with Gasteiger partial charge in [-0.2, -0.15) is 0 Å². The molecule has 4 heteroatoms. The molecule has 0 amide bonds. The molecule has 1 aliphatic rings. The lowest BCUT2D eigenvalue weighted by atomic mass is 10.1. The Labute approximate surface area is 112 Å². The summed E-state index contributed by atoms with van der Waals surface area (Å²) < 4.78 is 0. The Morgan fingerprint density at radius 2 is 2.24 bits per heavy atom. The van der Waals surface area contributed by atoms with Gasteiger partial charge in [-0.15, -0.1) is 0 Å². The highest BCUT2D eigenvalue weighted by Gasteiger charge is 2.35. The molecule has 1 aromatic rings. The largest absolute Gasteiger partial charge is 0.387 e. The standard InChI is InChI=1S/C13H17Cl2NO/c1-2-8-5-12(8)16-7-13(17)10-6-9(14)3-4-11(10)15/h3-4,6,8,12-13,16-17H,2,5,7H2,1H3. The van der Waals surface area contributed by atoms with Crippen molar-refractivity contribution in [2.75, 3.05) is 6.54 Å². The van der Waals surface area contributed by atoms with Gasteiger partial charge in [0.1, 0.15) is 0 Å². The Hall–Kier alpha value is -0.280. The first-order valence-electron chi connectivity index (χ1n) is 5.98. The zero-order valence-corrected chi connectivity index (χ0v) is 11.3. The first kappa shape index (κ1) is 13.2. The van der Waals surface area contributed by atoms with E-state index in [1.807, 2.05) is 0 Å². The predicted molar refractivity (Wildman–Crippen MR) is 71.6 cm³/mol. The molecular formula is C13H17Cl2NO. The number of nitrogens with one attached hydrogen (secondary N) is 1. The van der Waals surface area contributed by atoms with Crippen LogP contribution in [0.1, 0.15) is 31.4 Å². The molecule has 3 atom stereocenters. The minimum atomic E-state index is -0.598. The summed E-state index contributed by atoms with van der Waals surface area (Å²) in [6.07, 6.45) is 1.82. The second-order valence-electron chi connectivity index (χ2n) is 4.60. The Bertz CT molecular complexity index is 397. The number of halogens is 2. The lowest BCUT2D eigenvalue weighted by molar-refractivity contribution is 0.173. The van der Waals surface area contributed by atoms with Crippen LogP contribution in [0.3, 0.4) is 0 Å². The summed E-state index contributed by atoms with van der Waals surface area (Å²) >= 11 is 11.9.